The number of para-hydroxylation sites is 1. The van der Waals surface area contributed by atoms with Crippen LogP contribution in [0, 0.1) is 0 Å². The molecule has 0 bridgehead atoms. The lowest BCUT2D eigenvalue weighted by molar-refractivity contribution is 0.0950. The lowest BCUT2D eigenvalue weighted by Crippen LogP contribution is -2.33. The maximum absolute atomic E-state index is 13.7. The van der Waals surface area contributed by atoms with E-state index in [1.807, 2.05) is 13.1 Å². The molecule has 0 radical (unpaired) electrons. The Kier molecular flexibility index (Phi) is 8.91. The first-order chi connectivity index (χ1) is 19.1. The zero-order valence-corrected chi connectivity index (χ0v) is 24.6. The maximum atomic E-state index is 13.7. The van der Waals surface area contributed by atoms with E-state index in [4.69, 9.17) is 25.8 Å². The first-order valence-corrected chi connectivity index (χ1v) is 14.3. The van der Waals surface area contributed by atoms with E-state index < -0.39 is 21.4 Å². The van der Waals surface area contributed by atoms with Crippen LogP contribution in [-0.4, -0.2) is 69.5 Å². The second-order valence-corrected chi connectivity index (χ2v) is 11.3. The Morgan fingerprint density at radius 2 is 1.73 bits per heavy atom. The smallest absolute Gasteiger partial charge is 0.243 e. The molecule has 0 amide bonds. The van der Waals surface area contributed by atoms with Crippen molar-refractivity contribution < 1.29 is 22.6 Å². The van der Waals surface area contributed by atoms with E-state index in [-0.39, 0.29) is 17.6 Å². The van der Waals surface area contributed by atoms with Crippen LogP contribution in [0.5, 0.6) is 11.5 Å². The number of hydrogen-bond acceptors (Lipinski definition) is 10. The lowest BCUT2D eigenvalue weighted by atomic mass is 10.2. The van der Waals surface area contributed by atoms with Crippen LogP contribution in [0.3, 0.4) is 0 Å². The van der Waals surface area contributed by atoms with Crippen molar-refractivity contribution in [3.63, 3.8) is 0 Å². The van der Waals surface area contributed by atoms with E-state index in [2.05, 4.69) is 36.9 Å². The van der Waals surface area contributed by atoms with Crippen LogP contribution in [0.4, 0.5) is 5.95 Å². The number of ether oxygens (including phenoxy) is 3. The summed E-state index contributed by atoms with van der Waals surface area (Å²) in [5, 5.41) is 12.3. The fourth-order valence-electron chi connectivity index (χ4n) is 4.24. The monoisotopic (exact) mass is 590 g/mol. The highest BCUT2D eigenvalue weighted by molar-refractivity contribution is 7.93. The van der Waals surface area contributed by atoms with E-state index in [0.29, 0.717) is 27.9 Å². The second-order valence-electron chi connectivity index (χ2n) is 8.86. The van der Waals surface area contributed by atoms with Crippen molar-refractivity contribution in [3.8, 4) is 28.7 Å². The molecule has 40 heavy (non-hydrogen) atoms. The Balaban J connectivity index is 1.85. The number of nitrogens with zero attached hydrogens (tertiary/aromatic N) is 7. The molecule has 0 fully saturated rings. The van der Waals surface area contributed by atoms with Crippen molar-refractivity contribution in [1.29, 1.82) is 0 Å². The molecule has 0 spiro atoms. The van der Waals surface area contributed by atoms with E-state index >= 15 is 0 Å². The number of methoxy groups -OCH3 is 3. The van der Waals surface area contributed by atoms with E-state index in [9.17, 15) is 8.42 Å². The van der Waals surface area contributed by atoms with Gasteiger partial charge in [-0.15, -0.1) is 10.2 Å². The Morgan fingerprint density at radius 3 is 2.30 bits per heavy atom. The Bertz CT molecular complexity index is 1550. The Morgan fingerprint density at radius 1 is 1.07 bits per heavy atom. The molecule has 0 aliphatic rings. The number of sulfonamides is 1. The molecule has 0 saturated heterocycles. The molecule has 15 heteroatoms. The number of nitrogens with one attached hydrogen (secondary N) is 1. The lowest BCUT2D eigenvalue weighted by Gasteiger charge is -2.22. The van der Waals surface area contributed by atoms with Crippen LogP contribution in [0.25, 0.3) is 17.2 Å². The topological polar surface area (TPSA) is 148 Å². The number of aryl methyl sites for hydroxylation is 2. The van der Waals surface area contributed by atoms with Crippen molar-refractivity contribution in [2.75, 3.05) is 26.1 Å². The van der Waals surface area contributed by atoms with Crippen molar-refractivity contribution in [2.45, 2.75) is 38.0 Å². The summed E-state index contributed by atoms with van der Waals surface area (Å²) in [5.74, 6) is 1.16. The maximum Gasteiger partial charge on any atom is 0.243 e. The first-order valence-electron chi connectivity index (χ1n) is 12.4. The quantitative estimate of drug-likeness (QED) is 0.259. The number of anilines is 1. The average molecular weight is 591 g/mol. The van der Waals surface area contributed by atoms with Crippen molar-refractivity contribution in [2.24, 2.45) is 7.05 Å². The van der Waals surface area contributed by atoms with Crippen LogP contribution in [0.2, 0.25) is 5.02 Å². The molecular weight excluding hydrogens is 560 g/mol. The summed E-state index contributed by atoms with van der Waals surface area (Å²) in [6.45, 7) is 3.56. The minimum absolute atomic E-state index is 0.0979. The summed E-state index contributed by atoms with van der Waals surface area (Å²) in [4.78, 5) is 8.27. The van der Waals surface area contributed by atoms with Crippen LogP contribution >= 0.6 is 11.6 Å². The normalized spacial score (nSPS) is 13.2. The standard InChI is InChI=1S/C25H31ClN8O5S/c1-7-9-17-12-18(31-33(17)3)24-29-30-25(34(24)21-19(37-4)10-8-11-20(21)38-5)32-40(35,36)15(2)22(39-6)23-27-13-16(26)14-28-23/h8,10-15,22H,7,9H2,1-6H3,(H,30,32)/t15-,22-/m0/s1. The summed E-state index contributed by atoms with van der Waals surface area (Å²) in [5.41, 5.74) is 1.87. The highest BCUT2D eigenvalue weighted by Crippen LogP contribution is 2.38. The largest absolute Gasteiger partial charge is 0.494 e. The predicted molar refractivity (Wildman–Crippen MR) is 149 cm³/mol. The van der Waals surface area contributed by atoms with Crippen LogP contribution in [0.1, 0.15) is 37.9 Å². The van der Waals surface area contributed by atoms with Crippen LogP contribution in [0.15, 0.2) is 36.7 Å². The van der Waals surface area contributed by atoms with Gasteiger partial charge in [-0.25, -0.2) is 18.4 Å². The molecule has 0 unspecified atom stereocenters. The zero-order valence-electron chi connectivity index (χ0n) is 23.0. The third-order valence-electron chi connectivity index (χ3n) is 6.30. The third kappa shape index (κ3) is 5.74. The van der Waals surface area contributed by atoms with Crippen LogP contribution in [-0.2, 0) is 28.2 Å². The summed E-state index contributed by atoms with van der Waals surface area (Å²) in [6, 6.07) is 7.10. The molecule has 0 saturated carbocycles. The molecule has 0 aliphatic carbocycles. The summed E-state index contributed by atoms with van der Waals surface area (Å²) >= 11 is 5.90. The highest BCUT2D eigenvalue weighted by Gasteiger charge is 2.35. The number of rotatable bonds is 12. The molecule has 3 heterocycles. The highest BCUT2D eigenvalue weighted by atomic mass is 35.5. The van der Waals surface area contributed by atoms with Gasteiger partial charge in [0, 0.05) is 32.2 Å². The molecule has 4 rings (SSSR count). The molecule has 214 valence electrons. The summed E-state index contributed by atoms with van der Waals surface area (Å²) < 4.78 is 49.9. The molecule has 3 aromatic heterocycles. The number of benzene rings is 1. The SMILES string of the molecule is CCCc1cc(-c2nnc(NS(=O)(=O)[C@@H](C)[C@H](OC)c3ncc(Cl)cn3)n2-c2c(OC)cccc2OC)nn1C. The number of halogens is 1. The molecule has 4 aromatic rings. The molecular formula is C25H31ClN8O5S. The van der Waals surface area contributed by atoms with Gasteiger partial charge in [0.2, 0.25) is 16.0 Å². The van der Waals surface area contributed by atoms with E-state index in [0.717, 1.165) is 18.5 Å². The second kappa shape index (κ2) is 12.2. The zero-order chi connectivity index (χ0) is 29.0. The van der Waals surface area contributed by atoms with Gasteiger partial charge in [-0.1, -0.05) is 31.0 Å². The van der Waals surface area contributed by atoms with Gasteiger partial charge in [-0.2, -0.15) is 5.10 Å². The van der Waals surface area contributed by atoms with Crippen molar-refractivity contribution in [3.05, 3.63) is 53.2 Å². The first kappa shape index (κ1) is 29.2. The Labute approximate surface area is 237 Å². The fourth-order valence-corrected chi connectivity index (χ4v) is 5.47. The van der Waals surface area contributed by atoms with Crippen molar-refractivity contribution in [1.82, 2.24) is 34.5 Å². The average Bonchev–Trinajstić information content (AvgIpc) is 3.51. The molecule has 0 aliphatic heterocycles. The van der Waals surface area contributed by atoms with Gasteiger partial charge in [-0.3, -0.25) is 14.0 Å². The number of aromatic nitrogens is 7. The van der Waals surface area contributed by atoms with Gasteiger partial charge >= 0.3 is 0 Å². The van der Waals surface area contributed by atoms with Crippen molar-refractivity contribution >= 4 is 27.6 Å². The molecule has 2 atom stereocenters. The Hall–Kier alpha value is -3.75. The third-order valence-corrected chi connectivity index (χ3v) is 8.19. The molecule has 13 nitrogen and oxygen atoms in total. The minimum atomic E-state index is -4.15. The van der Waals surface area contributed by atoms with E-state index in [1.165, 1.54) is 45.2 Å². The van der Waals surface area contributed by atoms with Crippen LogP contribution < -0.4 is 14.2 Å². The van der Waals surface area contributed by atoms with Gasteiger partial charge in [0.25, 0.3) is 0 Å². The number of hydrogen-bond donors (Lipinski definition) is 1. The van der Waals surface area contributed by atoms with Gasteiger partial charge in [0.1, 0.15) is 34.2 Å². The molecule has 1 aromatic carbocycles. The van der Waals surface area contributed by atoms with Gasteiger partial charge in [0.05, 0.1) is 19.2 Å². The minimum Gasteiger partial charge on any atom is -0.494 e. The fraction of sp³-hybridized carbons (Fsp3) is 0.400. The van der Waals surface area contributed by atoms with Gasteiger partial charge in [0.15, 0.2) is 11.6 Å². The molecule has 1 N–H and O–H groups in total. The van der Waals surface area contributed by atoms with E-state index in [1.54, 1.807) is 22.9 Å². The predicted octanol–water partition coefficient (Wildman–Crippen LogP) is 3.60. The summed E-state index contributed by atoms with van der Waals surface area (Å²) in [7, 11) is 2.08. The van der Waals surface area contributed by atoms with Gasteiger partial charge in [-0.05, 0) is 31.5 Å². The summed E-state index contributed by atoms with van der Waals surface area (Å²) in [6.07, 6.45) is 3.47. The van der Waals surface area contributed by atoms with Gasteiger partial charge < -0.3 is 14.2 Å².